The monoisotopic (exact) mass is 360 g/mol. The number of para-hydroxylation sites is 1. The van der Waals surface area contributed by atoms with E-state index in [2.05, 4.69) is 27.7 Å². The number of ketones is 1. The standard InChI is InChI=1S/C9H10O.C7H8O.C5H12.C2H6.CH4/c1-2-9(10)8-6-4-3-5-7-8;1-8-7-5-3-2-4-6-7;1-5(2,3)4;1-2;/h3-7H,2H2,1H3;2-6H,1H3;1-4H3;1-2H3;1H4. The van der Waals surface area contributed by atoms with Gasteiger partial charge in [-0.3, -0.25) is 4.79 Å². The van der Waals surface area contributed by atoms with Crippen LogP contribution in [0, 0.1) is 5.41 Å². The summed E-state index contributed by atoms with van der Waals surface area (Å²) in [5.74, 6) is 1.12. The molecule has 0 heterocycles. The van der Waals surface area contributed by atoms with Gasteiger partial charge < -0.3 is 4.74 Å². The zero-order valence-corrected chi connectivity index (χ0v) is 17.3. The van der Waals surface area contributed by atoms with E-state index in [9.17, 15) is 4.79 Å². The second-order valence-electron chi connectivity index (χ2n) is 6.66. The molecule has 0 atom stereocenters. The first-order chi connectivity index (χ1) is 11.8. The molecule has 2 heteroatoms. The third-order valence-electron chi connectivity index (χ3n) is 2.40. The Morgan fingerprint density at radius 3 is 1.46 bits per heavy atom. The largest absolute Gasteiger partial charge is 0.497 e. The van der Waals surface area contributed by atoms with Crippen molar-refractivity contribution in [3.8, 4) is 5.75 Å². The van der Waals surface area contributed by atoms with E-state index in [0.717, 1.165) is 11.3 Å². The maximum atomic E-state index is 11.0. The molecule has 0 radical (unpaired) electrons. The average molecular weight is 361 g/mol. The Kier molecular flexibility index (Phi) is 19.6. The van der Waals surface area contributed by atoms with E-state index in [1.165, 1.54) is 0 Å². The SMILES string of the molecule is C.CC.CC(C)(C)C.CCC(=O)c1ccccc1.COc1ccccc1. The van der Waals surface area contributed by atoms with Crippen molar-refractivity contribution in [1.82, 2.24) is 0 Å². The second-order valence-corrected chi connectivity index (χ2v) is 6.66. The summed E-state index contributed by atoms with van der Waals surface area (Å²) < 4.78 is 4.91. The smallest absolute Gasteiger partial charge is 0.162 e. The predicted molar refractivity (Wildman–Crippen MR) is 117 cm³/mol. The first-order valence-electron chi connectivity index (χ1n) is 8.95. The van der Waals surface area contributed by atoms with Gasteiger partial charge in [0.1, 0.15) is 5.75 Å². The molecular weight excluding hydrogens is 320 g/mol. The topological polar surface area (TPSA) is 26.3 Å². The molecule has 0 aliphatic heterocycles. The molecule has 2 aromatic carbocycles. The van der Waals surface area contributed by atoms with Crippen LogP contribution in [0.4, 0.5) is 0 Å². The maximum absolute atomic E-state index is 11.0. The summed E-state index contributed by atoms with van der Waals surface area (Å²) in [7, 11) is 1.66. The second kappa shape index (κ2) is 17.7. The number of benzene rings is 2. The molecule has 2 nitrogen and oxygen atoms in total. The summed E-state index contributed by atoms with van der Waals surface area (Å²) in [6.07, 6.45) is 0.587. The molecule has 0 saturated carbocycles. The van der Waals surface area contributed by atoms with E-state index in [-0.39, 0.29) is 13.2 Å². The molecule has 26 heavy (non-hydrogen) atoms. The minimum Gasteiger partial charge on any atom is -0.497 e. The van der Waals surface area contributed by atoms with Gasteiger partial charge in [0.05, 0.1) is 7.11 Å². The van der Waals surface area contributed by atoms with Gasteiger partial charge in [-0.2, -0.15) is 0 Å². The molecule has 2 rings (SSSR count). The number of Topliss-reactive ketones (excluding diaryl/α,β-unsaturated/α-hetero) is 1. The Bertz CT molecular complexity index is 519. The molecule has 0 spiro atoms. The highest BCUT2D eigenvalue weighted by Crippen LogP contribution is 2.08. The van der Waals surface area contributed by atoms with Crippen LogP contribution in [0.25, 0.3) is 0 Å². The third-order valence-corrected chi connectivity index (χ3v) is 2.40. The summed E-state index contributed by atoms with van der Waals surface area (Å²) >= 11 is 0. The van der Waals surface area contributed by atoms with Crippen molar-refractivity contribution in [2.75, 3.05) is 7.11 Å². The highest BCUT2D eigenvalue weighted by atomic mass is 16.5. The summed E-state index contributed by atoms with van der Waals surface area (Å²) in [5.41, 5.74) is 1.31. The molecule has 0 aromatic heterocycles. The van der Waals surface area contributed by atoms with Crippen molar-refractivity contribution >= 4 is 5.78 Å². The first-order valence-corrected chi connectivity index (χ1v) is 8.95. The zero-order chi connectivity index (χ0) is 19.7. The fourth-order valence-corrected chi connectivity index (χ4v) is 1.38. The normalized spacial score (nSPS) is 8.77. The van der Waals surface area contributed by atoms with E-state index in [4.69, 9.17) is 4.74 Å². The number of hydrogen-bond donors (Lipinski definition) is 0. The fraction of sp³-hybridized carbons (Fsp3) is 0.458. The third kappa shape index (κ3) is 20.0. The minimum absolute atomic E-state index is 0. The summed E-state index contributed by atoms with van der Waals surface area (Å²) in [4.78, 5) is 11.0. The van der Waals surface area contributed by atoms with Crippen molar-refractivity contribution in [1.29, 1.82) is 0 Å². The van der Waals surface area contributed by atoms with Gasteiger partial charge >= 0.3 is 0 Å². The van der Waals surface area contributed by atoms with Gasteiger partial charge in [-0.05, 0) is 17.5 Å². The molecule has 0 bridgehead atoms. The molecule has 0 aliphatic rings. The maximum Gasteiger partial charge on any atom is 0.162 e. The van der Waals surface area contributed by atoms with Crippen LogP contribution >= 0.6 is 0 Å². The van der Waals surface area contributed by atoms with E-state index in [1.807, 2.05) is 81.4 Å². The van der Waals surface area contributed by atoms with Gasteiger partial charge in [0.15, 0.2) is 5.78 Å². The van der Waals surface area contributed by atoms with Crippen LogP contribution < -0.4 is 4.74 Å². The average Bonchev–Trinajstić information content (AvgIpc) is 2.63. The van der Waals surface area contributed by atoms with Crippen molar-refractivity contribution in [3.05, 3.63) is 66.2 Å². The summed E-state index contributed by atoms with van der Waals surface area (Å²) in [6.45, 7) is 14.6. The lowest BCUT2D eigenvalue weighted by molar-refractivity contribution is 0.0988. The van der Waals surface area contributed by atoms with Crippen molar-refractivity contribution in [2.24, 2.45) is 5.41 Å². The highest BCUT2D eigenvalue weighted by Gasteiger charge is 1.98. The first kappa shape index (κ1) is 28.7. The van der Waals surface area contributed by atoms with Gasteiger partial charge in [-0.25, -0.2) is 0 Å². The Morgan fingerprint density at radius 1 is 0.846 bits per heavy atom. The van der Waals surface area contributed by atoms with Crippen LogP contribution in [0.3, 0.4) is 0 Å². The quantitative estimate of drug-likeness (QED) is 0.524. The number of methoxy groups -OCH3 is 1. The lowest BCUT2D eigenvalue weighted by Gasteiger charge is -2.05. The highest BCUT2D eigenvalue weighted by molar-refractivity contribution is 5.95. The van der Waals surface area contributed by atoms with Crippen LogP contribution in [0.2, 0.25) is 0 Å². The van der Waals surface area contributed by atoms with E-state index >= 15 is 0 Å². The number of rotatable bonds is 3. The molecule has 2 aromatic rings. The molecule has 0 fully saturated rings. The minimum atomic E-state index is 0. The van der Waals surface area contributed by atoms with Gasteiger partial charge in [0.2, 0.25) is 0 Å². The van der Waals surface area contributed by atoms with E-state index in [1.54, 1.807) is 7.11 Å². The Balaban J connectivity index is -0.000000299. The summed E-state index contributed by atoms with van der Waals surface area (Å²) in [5, 5.41) is 0. The fourth-order valence-electron chi connectivity index (χ4n) is 1.38. The Hall–Kier alpha value is -2.09. The van der Waals surface area contributed by atoms with E-state index in [0.29, 0.717) is 11.8 Å². The van der Waals surface area contributed by atoms with Crippen molar-refractivity contribution in [2.45, 2.75) is 62.3 Å². The zero-order valence-electron chi connectivity index (χ0n) is 17.3. The lowest BCUT2D eigenvalue weighted by Crippen LogP contribution is -1.94. The molecule has 0 unspecified atom stereocenters. The number of carbonyl (C=O) groups excluding carboxylic acids is 1. The number of carbonyl (C=O) groups is 1. The molecule has 0 N–H and O–H groups in total. The van der Waals surface area contributed by atoms with Gasteiger partial charge in [0, 0.05) is 12.0 Å². The molecule has 0 aliphatic carbocycles. The predicted octanol–water partition coefficient (Wildman–Crippen LogP) is 7.69. The lowest BCUT2D eigenvalue weighted by atomic mass is 10.0. The van der Waals surface area contributed by atoms with Crippen LogP contribution in [0.15, 0.2) is 60.7 Å². The molecule has 148 valence electrons. The van der Waals surface area contributed by atoms with Crippen LogP contribution in [0.5, 0.6) is 5.75 Å². The Labute approximate surface area is 162 Å². The number of hydrogen-bond acceptors (Lipinski definition) is 2. The van der Waals surface area contributed by atoms with E-state index < -0.39 is 0 Å². The molecule has 0 saturated heterocycles. The van der Waals surface area contributed by atoms with Crippen LogP contribution in [-0.2, 0) is 0 Å². The van der Waals surface area contributed by atoms with Crippen molar-refractivity contribution < 1.29 is 9.53 Å². The Morgan fingerprint density at radius 2 is 1.19 bits per heavy atom. The number of ether oxygens (including phenoxy) is 1. The molecule has 0 amide bonds. The van der Waals surface area contributed by atoms with Gasteiger partial charge in [-0.1, -0.05) is 104 Å². The van der Waals surface area contributed by atoms with Gasteiger partial charge in [-0.15, -0.1) is 0 Å². The van der Waals surface area contributed by atoms with Crippen molar-refractivity contribution in [3.63, 3.8) is 0 Å². The summed E-state index contributed by atoms with van der Waals surface area (Å²) in [6, 6.07) is 19.0. The van der Waals surface area contributed by atoms with Gasteiger partial charge in [0.25, 0.3) is 0 Å². The molecular formula is C24H40O2. The van der Waals surface area contributed by atoms with Crippen LogP contribution in [-0.4, -0.2) is 12.9 Å². The van der Waals surface area contributed by atoms with Crippen LogP contribution in [0.1, 0.15) is 72.7 Å².